The lowest BCUT2D eigenvalue weighted by molar-refractivity contribution is 0.421. The first kappa shape index (κ1) is 11.6. The van der Waals surface area contributed by atoms with E-state index in [1.54, 1.807) is 0 Å². The zero-order chi connectivity index (χ0) is 11.5. The second-order valence-corrected chi connectivity index (χ2v) is 4.67. The smallest absolute Gasteiger partial charge is 0.134 e. The van der Waals surface area contributed by atoms with Crippen molar-refractivity contribution in [1.29, 1.82) is 0 Å². The number of anilines is 1. The highest BCUT2D eigenvalue weighted by Gasteiger charge is 2.20. The summed E-state index contributed by atoms with van der Waals surface area (Å²) in [4.78, 5) is 10.7. The molecule has 1 aliphatic rings. The molecule has 1 aliphatic heterocycles. The van der Waals surface area contributed by atoms with Crippen molar-refractivity contribution < 1.29 is 0 Å². The normalized spacial score (nSPS) is 21.2. The number of hydrogen-bond acceptors (Lipinski definition) is 4. The molecule has 16 heavy (non-hydrogen) atoms. The first-order valence-electron chi connectivity index (χ1n) is 5.65. The van der Waals surface area contributed by atoms with Crippen molar-refractivity contribution in [2.75, 3.05) is 24.5 Å². The van der Waals surface area contributed by atoms with Gasteiger partial charge in [-0.3, -0.25) is 0 Å². The molecular weight excluding hydrogens is 224 g/mol. The number of hydrogen-bond donors (Lipinski definition) is 1. The van der Waals surface area contributed by atoms with Crippen LogP contribution in [0.3, 0.4) is 0 Å². The Hall–Kier alpha value is -0.870. The minimum Gasteiger partial charge on any atom is -0.356 e. The van der Waals surface area contributed by atoms with Gasteiger partial charge in [0.1, 0.15) is 16.8 Å². The van der Waals surface area contributed by atoms with Gasteiger partial charge in [-0.15, -0.1) is 0 Å². The third-order valence-corrected chi connectivity index (χ3v) is 3.16. The molecule has 0 aliphatic carbocycles. The van der Waals surface area contributed by atoms with Crippen LogP contribution in [0.4, 0.5) is 5.82 Å². The minimum atomic E-state index is 0.511. The predicted octanol–water partition coefficient (Wildman–Crippen LogP) is 1.61. The molecular formula is C11H17ClN4. The van der Waals surface area contributed by atoms with E-state index in [0.717, 1.165) is 31.3 Å². The van der Waals surface area contributed by atoms with Gasteiger partial charge in [0.25, 0.3) is 0 Å². The molecule has 0 saturated carbocycles. The van der Waals surface area contributed by atoms with Crippen molar-refractivity contribution in [2.45, 2.75) is 19.8 Å². The summed E-state index contributed by atoms with van der Waals surface area (Å²) in [5.41, 5.74) is 5.72. The molecule has 5 heteroatoms. The molecule has 0 spiro atoms. The van der Waals surface area contributed by atoms with Crippen molar-refractivity contribution in [1.82, 2.24) is 9.97 Å². The summed E-state index contributed by atoms with van der Waals surface area (Å²) in [6.45, 7) is 4.61. The van der Waals surface area contributed by atoms with Gasteiger partial charge in [0.05, 0.1) is 0 Å². The topological polar surface area (TPSA) is 55.0 Å². The molecule has 1 aromatic rings. The summed E-state index contributed by atoms with van der Waals surface area (Å²) in [7, 11) is 0. The number of aryl methyl sites for hydroxylation is 1. The van der Waals surface area contributed by atoms with E-state index in [1.807, 2.05) is 13.0 Å². The standard InChI is InChI=1S/C11H17ClN4/c1-8-14-10(12)5-11(15-8)16-4-2-3-9(6-13)7-16/h5,9H,2-4,6-7,13H2,1H3/t9-/m0/s1. The lowest BCUT2D eigenvalue weighted by Gasteiger charge is -2.33. The highest BCUT2D eigenvalue weighted by Crippen LogP contribution is 2.22. The number of nitrogens with zero attached hydrogens (tertiary/aromatic N) is 3. The first-order chi connectivity index (χ1) is 7.69. The van der Waals surface area contributed by atoms with Crippen LogP contribution in [0.15, 0.2) is 6.07 Å². The molecule has 1 atom stereocenters. The van der Waals surface area contributed by atoms with Gasteiger partial charge in [-0.05, 0) is 32.2 Å². The van der Waals surface area contributed by atoms with Gasteiger partial charge < -0.3 is 10.6 Å². The summed E-state index contributed by atoms with van der Waals surface area (Å²) in [6.07, 6.45) is 2.38. The van der Waals surface area contributed by atoms with Crippen LogP contribution in [0.2, 0.25) is 5.15 Å². The van der Waals surface area contributed by atoms with Gasteiger partial charge in [0, 0.05) is 19.2 Å². The first-order valence-corrected chi connectivity index (χ1v) is 6.03. The molecule has 2 N–H and O–H groups in total. The number of nitrogens with two attached hydrogens (primary N) is 1. The van der Waals surface area contributed by atoms with Crippen molar-refractivity contribution in [3.05, 3.63) is 17.0 Å². The van der Waals surface area contributed by atoms with Crippen LogP contribution in [0.5, 0.6) is 0 Å². The molecule has 0 bridgehead atoms. The fraction of sp³-hybridized carbons (Fsp3) is 0.636. The van der Waals surface area contributed by atoms with Gasteiger partial charge in [0.2, 0.25) is 0 Å². The maximum absolute atomic E-state index is 5.94. The third-order valence-electron chi connectivity index (χ3n) is 2.97. The van der Waals surface area contributed by atoms with Crippen LogP contribution >= 0.6 is 11.6 Å². The van der Waals surface area contributed by atoms with E-state index >= 15 is 0 Å². The Labute approximate surface area is 101 Å². The number of halogens is 1. The average Bonchev–Trinajstić information content (AvgIpc) is 2.28. The quantitative estimate of drug-likeness (QED) is 0.799. The Morgan fingerprint density at radius 3 is 3.06 bits per heavy atom. The number of piperidine rings is 1. The summed E-state index contributed by atoms with van der Waals surface area (Å²) in [5, 5.41) is 0.511. The Morgan fingerprint density at radius 1 is 1.56 bits per heavy atom. The number of aromatic nitrogens is 2. The summed E-state index contributed by atoms with van der Waals surface area (Å²) in [5.74, 6) is 2.22. The zero-order valence-corrected chi connectivity index (χ0v) is 10.2. The molecule has 1 saturated heterocycles. The highest BCUT2D eigenvalue weighted by atomic mass is 35.5. The molecule has 2 rings (SSSR count). The lowest BCUT2D eigenvalue weighted by atomic mass is 9.98. The van der Waals surface area contributed by atoms with Crippen LogP contribution in [-0.2, 0) is 0 Å². The van der Waals surface area contributed by atoms with Crippen LogP contribution in [0.1, 0.15) is 18.7 Å². The van der Waals surface area contributed by atoms with E-state index in [0.29, 0.717) is 11.1 Å². The Morgan fingerprint density at radius 2 is 2.38 bits per heavy atom. The Bertz CT molecular complexity index is 349. The molecule has 1 fully saturated rings. The SMILES string of the molecule is Cc1nc(Cl)cc(N2CCC[C@@H](CN)C2)n1. The number of rotatable bonds is 2. The van der Waals surface area contributed by atoms with E-state index in [1.165, 1.54) is 12.8 Å². The molecule has 0 radical (unpaired) electrons. The van der Waals surface area contributed by atoms with E-state index in [9.17, 15) is 0 Å². The van der Waals surface area contributed by atoms with Crippen LogP contribution in [0, 0.1) is 12.8 Å². The Balaban J connectivity index is 2.16. The van der Waals surface area contributed by atoms with Gasteiger partial charge in [0.15, 0.2) is 0 Å². The van der Waals surface area contributed by atoms with Crippen molar-refractivity contribution >= 4 is 17.4 Å². The summed E-state index contributed by atoms with van der Waals surface area (Å²) < 4.78 is 0. The largest absolute Gasteiger partial charge is 0.356 e. The molecule has 0 aromatic carbocycles. The zero-order valence-electron chi connectivity index (χ0n) is 9.49. The average molecular weight is 241 g/mol. The van der Waals surface area contributed by atoms with Gasteiger partial charge in [-0.25, -0.2) is 9.97 Å². The second-order valence-electron chi connectivity index (χ2n) is 4.29. The molecule has 2 heterocycles. The van der Waals surface area contributed by atoms with Crippen molar-refractivity contribution in [2.24, 2.45) is 11.7 Å². The summed E-state index contributed by atoms with van der Waals surface area (Å²) >= 11 is 5.94. The molecule has 1 aromatic heterocycles. The van der Waals surface area contributed by atoms with Gasteiger partial charge >= 0.3 is 0 Å². The van der Waals surface area contributed by atoms with E-state index in [2.05, 4.69) is 14.9 Å². The van der Waals surface area contributed by atoms with Crippen LogP contribution < -0.4 is 10.6 Å². The maximum Gasteiger partial charge on any atom is 0.134 e. The fourth-order valence-electron chi connectivity index (χ4n) is 2.14. The van der Waals surface area contributed by atoms with E-state index in [-0.39, 0.29) is 0 Å². The van der Waals surface area contributed by atoms with E-state index in [4.69, 9.17) is 17.3 Å². The molecule has 4 nitrogen and oxygen atoms in total. The highest BCUT2D eigenvalue weighted by molar-refractivity contribution is 6.29. The fourth-order valence-corrected chi connectivity index (χ4v) is 2.36. The van der Waals surface area contributed by atoms with Crippen molar-refractivity contribution in [3.63, 3.8) is 0 Å². The van der Waals surface area contributed by atoms with Crippen molar-refractivity contribution in [3.8, 4) is 0 Å². The van der Waals surface area contributed by atoms with Crippen LogP contribution in [-0.4, -0.2) is 29.6 Å². The third kappa shape index (κ3) is 2.62. The summed E-state index contributed by atoms with van der Waals surface area (Å²) in [6, 6.07) is 1.83. The monoisotopic (exact) mass is 240 g/mol. The Kier molecular flexibility index (Phi) is 3.61. The maximum atomic E-state index is 5.94. The molecule has 88 valence electrons. The minimum absolute atomic E-state index is 0.511. The van der Waals surface area contributed by atoms with Gasteiger partial charge in [-0.1, -0.05) is 11.6 Å². The van der Waals surface area contributed by atoms with Crippen LogP contribution in [0.25, 0.3) is 0 Å². The molecule has 0 amide bonds. The lowest BCUT2D eigenvalue weighted by Crippen LogP contribution is -2.38. The van der Waals surface area contributed by atoms with Gasteiger partial charge in [-0.2, -0.15) is 0 Å². The predicted molar refractivity (Wildman–Crippen MR) is 65.8 cm³/mol. The second kappa shape index (κ2) is 4.97. The van der Waals surface area contributed by atoms with E-state index < -0.39 is 0 Å². The molecule has 0 unspecified atom stereocenters.